The van der Waals surface area contributed by atoms with Crippen molar-refractivity contribution in [3.05, 3.63) is 149 Å². The molecule has 12 heteroatoms. The van der Waals surface area contributed by atoms with Gasteiger partial charge in [-0.3, -0.25) is 19.0 Å². The molecule has 1 aliphatic carbocycles. The Bertz CT molecular complexity index is 3130. The zero-order valence-corrected chi connectivity index (χ0v) is 43.1. The van der Waals surface area contributed by atoms with Crippen LogP contribution in [0.4, 0.5) is 11.4 Å². The van der Waals surface area contributed by atoms with E-state index in [0.29, 0.717) is 25.8 Å². The van der Waals surface area contributed by atoms with Crippen molar-refractivity contribution in [2.75, 3.05) is 31.6 Å². The van der Waals surface area contributed by atoms with E-state index in [1.807, 2.05) is 43.4 Å². The number of piperidine rings is 1. The summed E-state index contributed by atoms with van der Waals surface area (Å²) in [4.78, 5) is 31.2. The molecule has 0 amide bonds. The van der Waals surface area contributed by atoms with Crippen molar-refractivity contribution >= 4 is 60.7 Å². The van der Waals surface area contributed by atoms with Gasteiger partial charge in [-0.2, -0.15) is 13.0 Å². The Labute approximate surface area is 418 Å². The Hall–Kier alpha value is -5.92. The van der Waals surface area contributed by atoms with Gasteiger partial charge in [-0.1, -0.05) is 92.2 Å². The minimum Gasteiger partial charge on any atom is -0.464 e. The number of aliphatic hydroxyl groups excluding tert-OH is 1. The summed E-state index contributed by atoms with van der Waals surface area (Å²) in [7, 11) is -2.45. The van der Waals surface area contributed by atoms with Crippen LogP contribution in [0, 0.1) is 13.8 Å². The fourth-order valence-corrected chi connectivity index (χ4v) is 12.7. The second kappa shape index (κ2) is 19.6. The van der Waals surface area contributed by atoms with Crippen LogP contribution in [-0.4, -0.2) is 96.2 Å². The van der Waals surface area contributed by atoms with Gasteiger partial charge in [0.1, 0.15) is 25.2 Å². The second-order valence-electron chi connectivity index (χ2n) is 21.1. The van der Waals surface area contributed by atoms with Crippen molar-refractivity contribution in [3.63, 3.8) is 0 Å². The first-order valence-corrected chi connectivity index (χ1v) is 26.6. The Morgan fingerprint density at radius 2 is 1.58 bits per heavy atom. The van der Waals surface area contributed by atoms with Crippen LogP contribution in [0.15, 0.2) is 126 Å². The number of aliphatic hydroxyl groups is 1. The summed E-state index contributed by atoms with van der Waals surface area (Å²) in [6.07, 6.45) is 13.4. The number of likely N-dealkylation sites (N-methyl/N-ethyl adjacent to an activating group) is 2. The lowest BCUT2D eigenvalue weighted by atomic mass is 9.76. The molecule has 4 heterocycles. The van der Waals surface area contributed by atoms with Gasteiger partial charge in [0.25, 0.3) is 10.1 Å². The molecule has 372 valence electrons. The van der Waals surface area contributed by atoms with Gasteiger partial charge in [-0.25, -0.2) is 0 Å². The number of esters is 2. The minimum absolute atomic E-state index is 0.0174. The molecule has 2 N–H and O–H groups in total. The number of carbonyl (C=O) groups excluding carboxylic acids is 2. The van der Waals surface area contributed by atoms with Gasteiger partial charge in [0.05, 0.1) is 16.4 Å². The number of carbonyl (C=O) groups is 2. The van der Waals surface area contributed by atoms with Crippen molar-refractivity contribution in [1.82, 2.24) is 4.90 Å². The lowest BCUT2D eigenvalue weighted by Crippen LogP contribution is -2.71. The summed E-state index contributed by atoms with van der Waals surface area (Å²) in [5.74, 6) is -1.56. The number of unbranched alkanes of at least 4 members (excludes halogenated alkanes) is 2. The first-order valence-electron chi connectivity index (χ1n) is 25.2. The van der Waals surface area contributed by atoms with Gasteiger partial charge in [0.2, 0.25) is 5.69 Å². The first kappa shape index (κ1) is 50.0. The quantitative estimate of drug-likeness (QED) is 0.0323. The topological polar surface area (TPSA) is 137 Å². The van der Waals surface area contributed by atoms with Gasteiger partial charge in [0.15, 0.2) is 5.71 Å². The van der Waals surface area contributed by atoms with Gasteiger partial charge < -0.3 is 19.5 Å². The van der Waals surface area contributed by atoms with Crippen molar-refractivity contribution in [1.29, 1.82) is 0 Å². The van der Waals surface area contributed by atoms with E-state index in [0.717, 1.165) is 52.7 Å². The second-order valence-corrected chi connectivity index (χ2v) is 22.5. The third-order valence-corrected chi connectivity index (χ3v) is 16.6. The van der Waals surface area contributed by atoms with Crippen LogP contribution in [0.25, 0.3) is 21.5 Å². The summed E-state index contributed by atoms with van der Waals surface area (Å²) in [5, 5.41) is 14.6. The molecule has 11 nitrogen and oxygen atoms in total. The maximum atomic E-state index is 13.6. The lowest BCUT2D eigenvalue weighted by Gasteiger charge is -2.56. The zero-order chi connectivity index (χ0) is 50.6. The van der Waals surface area contributed by atoms with E-state index in [9.17, 15) is 27.7 Å². The maximum Gasteiger partial charge on any atom is 0.317 e. The van der Waals surface area contributed by atoms with Crippen molar-refractivity contribution in [2.24, 2.45) is 0 Å². The molecule has 10 rings (SSSR count). The summed E-state index contributed by atoms with van der Waals surface area (Å²) in [5.41, 5.74) is 9.32. The highest BCUT2D eigenvalue weighted by Crippen LogP contribution is 2.51. The zero-order valence-electron chi connectivity index (χ0n) is 42.3. The summed E-state index contributed by atoms with van der Waals surface area (Å²) < 4.78 is 48.8. The monoisotopic (exact) mass is 978 g/mol. The Kier molecular flexibility index (Phi) is 13.8. The molecule has 0 aromatic heterocycles. The highest BCUT2D eigenvalue weighted by molar-refractivity contribution is 7.85. The molecule has 5 aromatic rings. The number of allylic oxidation sites excluding steroid dienone is 6. The number of rotatable bonds is 16. The van der Waals surface area contributed by atoms with Crippen LogP contribution < -0.4 is 4.90 Å². The van der Waals surface area contributed by atoms with Crippen LogP contribution in [0.5, 0.6) is 0 Å². The van der Waals surface area contributed by atoms with E-state index in [-0.39, 0.29) is 47.5 Å². The molecule has 71 heavy (non-hydrogen) atoms. The lowest BCUT2D eigenvalue weighted by molar-refractivity contribution is -0.438. The molecule has 3 unspecified atom stereocenters. The van der Waals surface area contributed by atoms with Gasteiger partial charge in [-0.05, 0) is 123 Å². The third-order valence-electron chi connectivity index (χ3n) is 15.8. The predicted octanol–water partition coefficient (Wildman–Crippen LogP) is 10.7. The summed E-state index contributed by atoms with van der Waals surface area (Å²) in [6.45, 7) is 16.8. The number of hydrogen-bond acceptors (Lipinski definition) is 9. The Morgan fingerprint density at radius 3 is 2.28 bits per heavy atom. The minimum atomic E-state index is -4.44. The smallest absolute Gasteiger partial charge is 0.317 e. The van der Waals surface area contributed by atoms with Crippen molar-refractivity contribution in [2.45, 2.75) is 133 Å². The maximum absolute atomic E-state index is 13.6. The van der Waals surface area contributed by atoms with Crippen LogP contribution in [0.1, 0.15) is 107 Å². The van der Waals surface area contributed by atoms with Gasteiger partial charge in [0, 0.05) is 78.8 Å². The van der Waals surface area contributed by atoms with Gasteiger partial charge >= 0.3 is 11.9 Å². The fourth-order valence-electron chi connectivity index (χ4n) is 12.1. The average Bonchev–Trinajstić information content (AvgIpc) is 3.69. The van der Waals surface area contributed by atoms with E-state index in [1.54, 1.807) is 12.1 Å². The molecule has 5 atom stereocenters. The summed E-state index contributed by atoms with van der Waals surface area (Å²) >= 11 is 0. The summed E-state index contributed by atoms with van der Waals surface area (Å²) in [6, 6.07) is 27.2. The molecule has 0 radical (unpaired) electrons. The average molecular weight is 979 g/mol. The number of benzene rings is 5. The SMILES string of the molecule is CCN1C(=CC=CC=CC2=[N+](CCCCCC(=O)OC[C@@H](C(=O)OC3CC4C(O)[C@H](C3)N4C)c3ccccc3)c3ccc4ccc(S(=O)(=O)O)cc4c3C2(C)C)C(C)(C)c2c1ccc1c(C)cc(C)cc21. The molecular formula is C59H68N3O8S+. The number of nitrogens with zero attached hydrogens (tertiary/aromatic N) is 3. The Balaban J connectivity index is 0.904. The number of aryl methyl sites for hydroxylation is 2. The van der Waals surface area contributed by atoms with Crippen molar-refractivity contribution in [3.8, 4) is 0 Å². The molecule has 2 bridgehead atoms. The highest BCUT2D eigenvalue weighted by Gasteiger charge is 2.52. The molecule has 1 saturated carbocycles. The van der Waals surface area contributed by atoms with E-state index in [1.165, 1.54) is 44.9 Å². The molecule has 2 saturated heterocycles. The number of hydrogen-bond donors (Lipinski definition) is 2. The van der Waals surface area contributed by atoms with Crippen molar-refractivity contribution < 1.29 is 41.7 Å². The molecule has 5 aliphatic rings. The van der Waals surface area contributed by atoms with E-state index < -0.39 is 33.5 Å². The van der Waals surface area contributed by atoms with E-state index in [2.05, 4.69) is 124 Å². The number of anilines is 1. The normalized spacial score (nSPS) is 22.4. The molecule has 0 spiro atoms. The van der Waals surface area contributed by atoms with Crippen LogP contribution in [-0.2, 0) is 40.0 Å². The van der Waals surface area contributed by atoms with Gasteiger partial charge in [-0.15, -0.1) is 0 Å². The standard InChI is InChI=1S/C59H67N3O8S/c1-9-61-47-29-27-43-38(3)31-37(2)32-45(43)55(47)58(4,5)51(61)21-15-11-16-22-52-59(6,7)54-44-35-42(71(66,67)68)26-24-40(44)25-28-48(54)62(52)30-18-12-17-23-53(63)69-36-46(39-19-13-10-14-20-39)57(65)70-41-33-49-56(64)50(34-41)60(49)8/h10-11,13-16,19-22,24-29,31-32,35,41,46,49-50,56,64H,9,12,17-18,23,30,33-34,36H2,1-8H3/p+1/t41?,46-,49+,50?,56?/m1/s1. The molecule has 5 aromatic carbocycles. The largest absolute Gasteiger partial charge is 0.464 e. The first-order chi connectivity index (χ1) is 33.8. The molecular weight excluding hydrogens is 911 g/mol. The molecule has 4 aliphatic heterocycles. The highest BCUT2D eigenvalue weighted by atomic mass is 32.2. The third kappa shape index (κ3) is 9.40. The number of ether oxygens (including phenoxy) is 2. The van der Waals surface area contributed by atoms with E-state index >= 15 is 0 Å². The predicted molar refractivity (Wildman–Crippen MR) is 281 cm³/mol. The number of fused-ring (bicyclic) bond motifs is 8. The van der Waals surface area contributed by atoms with Crippen LogP contribution in [0.2, 0.25) is 0 Å². The van der Waals surface area contributed by atoms with Crippen LogP contribution >= 0.6 is 0 Å². The van der Waals surface area contributed by atoms with Crippen LogP contribution in [0.3, 0.4) is 0 Å². The fraction of sp³-hybridized carbons (Fsp3) is 0.407. The Morgan fingerprint density at radius 1 is 0.845 bits per heavy atom. The van der Waals surface area contributed by atoms with E-state index in [4.69, 9.17) is 9.47 Å². The molecule has 3 fully saturated rings.